The van der Waals surface area contributed by atoms with Crippen LogP contribution in [-0.2, 0) is 4.79 Å². The molecule has 1 aromatic carbocycles. The van der Waals surface area contributed by atoms with Gasteiger partial charge in [0.25, 0.3) is 0 Å². The van der Waals surface area contributed by atoms with Crippen molar-refractivity contribution in [1.29, 1.82) is 0 Å². The van der Waals surface area contributed by atoms with E-state index in [4.69, 9.17) is 5.73 Å². The number of benzene rings is 1. The van der Waals surface area contributed by atoms with Crippen LogP contribution < -0.4 is 11.1 Å². The Hall–Kier alpha value is -1.39. The lowest BCUT2D eigenvalue weighted by Gasteiger charge is -2.26. The zero-order chi connectivity index (χ0) is 15.4. The summed E-state index contributed by atoms with van der Waals surface area (Å²) >= 11 is 0. The number of carbonyl (C=O) groups is 1. The molecule has 1 aliphatic carbocycles. The molecule has 0 aromatic heterocycles. The first-order valence-corrected chi connectivity index (χ1v) is 8.50. The van der Waals surface area contributed by atoms with Crippen LogP contribution in [0.25, 0.3) is 0 Å². The zero-order valence-corrected chi connectivity index (χ0v) is 13.2. The molecule has 4 nitrogen and oxygen atoms in total. The van der Waals surface area contributed by atoms with E-state index in [-0.39, 0.29) is 5.91 Å². The van der Waals surface area contributed by atoms with E-state index in [1.807, 2.05) is 6.07 Å². The van der Waals surface area contributed by atoms with E-state index in [0.29, 0.717) is 24.9 Å². The Balaban J connectivity index is 1.51. The van der Waals surface area contributed by atoms with Gasteiger partial charge in [-0.2, -0.15) is 0 Å². The second-order valence-corrected chi connectivity index (χ2v) is 6.81. The highest BCUT2D eigenvalue weighted by Gasteiger charge is 2.33. The normalized spacial score (nSPS) is 25.9. The Labute approximate surface area is 133 Å². The highest BCUT2D eigenvalue weighted by Crippen LogP contribution is 2.31. The highest BCUT2D eigenvalue weighted by atomic mass is 16.2. The van der Waals surface area contributed by atoms with Crippen molar-refractivity contribution in [2.24, 2.45) is 17.6 Å². The predicted molar refractivity (Wildman–Crippen MR) is 88.5 cm³/mol. The molecular formula is C18H27N3O. The van der Waals surface area contributed by atoms with E-state index in [1.165, 1.54) is 24.8 Å². The van der Waals surface area contributed by atoms with Crippen molar-refractivity contribution in [3.63, 3.8) is 0 Å². The standard InChI is InChI=1S/C18H27N3O/c19-9-16-11-21(12-17(16)15-7-2-1-3-8-15)13-18(22)20-10-14-5-4-6-14/h1-3,7-8,14,16-17H,4-6,9-13,19H2,(H,20,22)/t16-,17+/m1/s1. The van der Waals surface area contributed by atoms with Gasteiger partial charge in [0, 0.05) is 25.6 Å². The third-order valence-corrected chi connectivity index (χ3v) is 5.23. The van der Waals surface area contributed by atoms with Crippen LogP contribution in [0.1, 0.15) is 30.7 Å². The summed E-state index contributed by atoms with van der Waals surface area (Å²) in [6.45, 7) is 3.90. The molecule has 1 aromatic rings. The van der Waals surface area contributed by atoms with Crippen molar-refractivity contribution in [1.82, 2.24) is 10.2 Å². The molecule has 2 fully saturated rings. The molecule has 0 spiro atoms. The number of hydrogen-bond acceptors (Lipinski definition) is 3. The number of amides is 1. The van der Waals surface area contributed by atoms with Gasteiger partial charge in [-0.05, 0) is 36.8 Å². The van der Waals surface area contributed by atoms with Crippen molar-refractivity contribution in [3.05, 3.63) is 35.9 Å². The van der Waals surface area contributed by atoms with Crippen LogP contribution in [0.3, 0.4) is 0 Å². The second-order valence-electron chi connectivity index (χ2n) is 6.81. The molecule has 3 rings (SSSR count). The first-order chi connectivity index (χ1) is 10.8. The lowest BCUT2D eigenvalue weighted by Crippen LogP contribution is -2.39. The Kier molecular flexibility index (Phi) is 5.11. The summed E-state index contributed by atoms with van der Waals surface area (Å²) in [5.41, 5.74) is 7.29. The average molecular weight is 301 g/mol. The Morgan fingerprint density at radius 1 is 1.23 bits per heavy atom. The third-order valence-electron chi connectivity index (χ3n) is 5.23. The molecule has 0 unspecified atom stereocenters. The van der Waals surface area contributed by atoms with E-state index in [9.17, 15) is 4.79 Å². The third kappa shape index (κ3) is 3.68. The molecule has 1 saturated heterocycles. The summed E-state index contributed by atoms with van der Waals surface area (Å²) in [6.07, 6.45) is 3.87. The summed E-state index contributed by atoms with van der Waals surface area (Å²) in [6, 6.07) is 10.6. The lowest BCUT2D eigenvalue weighted by molar-refractivity contribution is -0.122. The summed E-state index contributed by atoms with van der Waals surface area (Å²) < 4.78 is 0. The molecule has 0 radical (unpaired) electrons. The maximum Gasteiger partial charge on any atom is 0.234 e. The topological polar surface area (TPSA) is 58.4 Å². The van der Waals surface area contributed by atoms with Crippen LogP contribution in [0.2, 0.25) is 0 Å². The fourth-order valence-electron chi connectivity index (χ4n) is 3.62. The number of nitrogens with one attached hydrogen (secondary N) is 1. The van der Waals surface area contributed by atoms with E-state index in [1.54, 1.807) is 0 Å². The van der Waals surface area contributed by atoms with Crippen molar-refractivity contribution >= 4 is 5.91 Å². The van der Waals surface area contributed by atoms with Crippen LogP contribution in [0, 0.1) is 11.8 Å². The molecule has 2 aliphatic rings. The van der Waals surface area contributed by atoms with E-state index >= 15 is 0 Å². The number of likely N-dealkylation sites (tertiary alicyclic amines) is 1. The minimum Gasteiger partial charge on any atom is -0.355 e. The minimum atomic E-state index is 0.163. The fraction of sp³-hybridized carbons (Fsp3) is 0.611. The number of nitrogens with zero attached hydrogens (tertiary/aromatic N) is 1. The smallest absolute Gasteiger partial charge is 0.234 e. The van der Waals surface area contributed by atoms with Gasteiger partial charge in [0.05, 0.1) is 6.54 Å². The zero-order valence-electron chi connectivity index (χ0n) is 13.2. The quantitative estimate of drug-likeness (QED) is 0.838. The average Bonchev–Trinajstić information content (AvgIpc) is 2.89. The van der Waals surface area contributed by atoms with Gasteiger partial charge >= 0.3 is 0 Å². The molecule has 3 N–H and O–H groups in total. The highest BCUT2D eigenvalue weighted by molar-refractivity contribution is 5.78. The molecule has 4 heteroatoms. The van der Waals surface area contributed by atoms with Gasteiger partial charge < -0.3 is 11.1 Å². The second kappa shape index (κ2) is 7.25. The molecule has 22 heavy (non-hydrogen) atoms. The van der Waals surface area contributed by atoms with Gasteiger partial charge in [0.1, 0.15) is 0 Å². The Bertz CT molecular complexity index is 486. The van der Waals surface area contributed by atoms with E-state index < -0.39 is 0 Å². The fourth-order valence-corrected chi connectivity index (χ4v) is 3.62. The van der Waals surface area contributed by atoms with Crippen LogP contribution in [0.15, 0.2) is 30.3 Å². The van der Waals surface area contributed by atoms with Crippen molar-refractivity contribution in [2.75, 3.05) is 32.7 Å². The van der Waals surface area contributed by atoms with Crippen LogP contribution in [-0.4, -0.2) is 43.5 Å². The molecule has 1 amide bonds. The Morgan fingerprint density at radius 2 is 2.00 bits per heavy atom. The van der Waals surface area contributed by atoms with Crippen molar-refractivity contribution in [2.45, 2.75) is 25.2 Å². The Morgan fingerprint density at radius 3 is 2.64 bits per heavy atom. The van der Waals surface area contributed by atoms with Gasteiger partial charge in [0.2, 0.25) is 5.91 Å². The van der Waals surface area contributed by atoms with E-state index in [0.717, 1.165) is 25.6 Å². The number of rotatable bonds is 6. The van der Waals surface area contributed by atoms with Crippen molar-refractivity contribution in [3.8, 4) is 0 Å². The van der Waals surface area contributed by atoms with Crippen LogP contribution in [0.5, 0.6) is 0 Å². The molecule has 1 saturated carbocycles. The maximum absolute atomic E-state index is 12.1. The molecule has 120 valence electrons. The summed E-state index contributed by atoms with van der Waals surface area (Å²) in [5.74, 6) is 1.78. The molecule has 2 atom stereocenters. The maximum atomic E-state index is 12.1. The van der Waals surface area contributed by atoms with Gasteiger partial charge in [0.15, 0.2) is 0 Å². The monoisotopic (exact) mass is 301 g/mol. The van der Waals surface area contributed by atoms with Crippen LogP contribution >= 0.6 is 0 Å². The lowest BCUT2D eigenvalue weighted by atomic mass is 9.85. The first kappa shape index (κ1) is 15.5. The number of nitrogens with two attached hydrogens (primary N) is 1. The molecule has 1 aliphatic heterocycles. The van der Waals surface area contributed by atoms with Crippen molar-refractivity contribution < 1.29 is 4.79 Å². The number of carbonyl (C=O) groups excluding carboxylic acids is 1. The predicted octanol–water partition coefficient (Wildman–Crippen LogP) is 1.58. The SMILES string of the molecule is NC[C@@H]1CN(CC(=O)NCC2CCC2)C[C@H]1c1ccccc1. The van der Waals surface area contributed by atoms with Gasteiger partial charge in [-0.3, -0.25) is 9.69 Å². The number of hydrogen-bond donors (Lipinski definition) is 2. The van der Waals surface area contributed by atoms with Gasteiger partial charge in [-0.25, -0.2) is 0 Å². The molecule has 0 bridgehead atoms. The van der Waals surface area contributed by atoms with Gasteiger partial charge in [-0.15, -0.1) is 0 Å². The van der Waals surface area contributed by atoms with Crippen LogP contribution in [0.4, 0.5) is 0 Å². The molecule has 1 heterocycles. The van der Waals surface area contributed by atoms with E-state index in [2.05, 4.69) is 34.5 Å². The largest absolute Gasteiger partial charge is 0.355 e. The molecular weight excluding hydrogens is 274 g/mol. The minimum absolute atomic E-state index is 0.163. The first-order valence-electron chi connectivity index (χ1n) is 8.50. The summed E-state index contributed by atoms with van der Waals surface area (Å²) in [4.78, 5) is 14.4. The van der Waals surface area contributed by atoms with Gasteiger partial charge in [-0.1, -0.05) is 36.8 Å². The summed E-state index contributed by atoms with van der Waals surface area (Å²) in [7, 11) is 0. The summed E-state index contributed by atoms with van der Waals surface area (Å²) in [5, 5.41) is 3.09.